The zero-order chi connectivity index (χ0) is 11.1. The Kier molecular flexibility index (Phi) is 5.88. The van der Waals surface area contributed by atoms with Crippen LogP contribution in [0.4, 0.5) is 0 Å². The highest BCUT2D eigenvalue weighted by Gasteiger charge is 2.02. The van der Waals surface area contributed by atoms with Crippen molar-refractivity contribution in [1.82, 2.24) is 10.3 Å². The van der Waals surface area contributed by atoms with Gasteiger partial charge >= 0.3 is 0 Å². The van der Waals surface area contributed by atoms with Crippen LogP contribution in [0.25, 0.3) is 0 Å². The van der Waals surface area contributed by atoms with Gasteiger partial charge in [0, 0.05) is 11.9 Å². The summed E-state index contributed by atoms with van der Waals surface area (Å²) < 4.78 is 0. The lowest BCUT2D eigenvalue weighted by Crippen LogP contribution is -2.20. The van der Waals surface area contributed by atoms with E-state index in [0.29, 0.717) is 0 Å². The third kappa shape index (κ3) is 4.76. The number of aryl methyl sites for hydroxylation is 1. The molecular formula is C12H22N2S. The van der Waals surface area contributed by atoms with Gasteiger partial charge in [0.15, 0.2) is 0 Å². The van der Waals surface area contributed by atoms with E-state index in [9.17, 15) is 0 Å². The van der Waals surface area contributed by atoms with Gasteiger partial charge in [0.25, 0.3) is 0 Å². The van der Waals surface area contributed by atoms with Crippen LogP contribution in [0, 0.1) is 5.92 Å². The lowest BCUT2D eigenvalue weighted by molar-refractivity contribution is 0.474. The van der Waals surface area contributed by atoms with Gasteiger partial charge in [-0.3, -0.25) is 0 Å². The topological polar surface area (TPSA) is 24.9 Å². The summed E-state index contributed by atoms with van der Waals surface area (Å²) in [4.78, 5) is 4.53. The third-order valence-corrected chi connectivity index (χ3v) is 3.52. The van der Waals surface area contributed by atoms with Crippen LogP contribution in [0.1, 0.15) is 44.3 Å². The summed E-state index contributed by atoms with van der Waals surface area (Å²) in [5, 5.41) is 6.87. The van der Waals surface area contributed by atoms with Crippen molar-refractivity contribution in [2.24, 2.45) is 5.92 Å². The van der Waals surface area contributed by atoms with Gasteiger partial charge in [0.1, 0.15) is 0 Å². The first kappa shape index (κ1) is 12.7. The van der Waals surface area contributed by atoms with Gasteiger partial charge in [-0.15, -0.1) is 11.3 Å². The van der Waals surface area contributed by atoms with E-state index in [1.807, 2.05) is 0 Å². The Balaban J connectivity index is 2.19. The number of thiazole rings is 1. The molecule has 0 spiro atoms. The van der Waals surface area contributed by atoms with Crippen molar-refractivity contribution in [2.75, 3.05) is 6.54 Å². The number of nitrogens with one attached hydrogen (secondary N) is 1. The van der Waals surface area contributed by atoms with E-state index in [2.05, 4.69) is 36.5 Å². The molecule has 0 aliphatic heterocycles. The molecule has 0 amide bonds. The fourth-order valence-electron chi connectivity index (χ4n) is 1.63. The molecular weight excluding hydrogens is 204 g/mol. The predicted molar refractivity (Wildman–Crippen MR) is 67.3 cm³/mol. The highest BCUT2D eigenvalue weighted by molar-refractivity contribution is 7.09. The van der Waals surface area contributed by atoms with Gasteiger partial charge < -0.3 is 5.32 Å². The molecule has 86 valence electrons. The Hall–Kier alpha value is -0.410. The first-order valence-electron chi connectivity index (χ1n) is 5.90. The van der Waals surface area contributed by atoms with E-state index in [1.54, 1.807) is 11.3 Å². The minimum Gasteiger partial charge on any atom is -0.311 e. The van der Waals surface area contributed by atoms with Crippen molar-refractivity contribution in [3.8, 4) is 0 Å². The molecule has 1 heterocycles. The van der Waals surface area contributed by atoms with E-state index in [1.165, 1.54) is 23.5 Å². The minimum atomic E-state index is 0.777. The van der Waals surface area contributed by atoms with Crippen LogP contribution in [0.5, 0.6) is 0 Å². The van der Waals surface area contributed by atoms with E-state index in [-0.39, 0.29) is 0 Å². The van der Waals surface area contributed by atoms with Gasteiger partial charge in [-0.05, 0) is 25.3 Å². The Bertz CT molecular complexity index is 270. The summed E-state index contributed by atoms with van der Waals surface area (Å²) in [6.45, 7) is 8.72. The highest BCUT2D eigenvalue weighted by Crippen LogP contribution is 2.10. The molecule has 0 aliphatic carbocycles. The molecule has 1 aromatic rings. The summed E-state index contributed by atoms with van der Waals surface area (Å²) in [7, 11) is 0. The quantitative estimate of drug-likeness (QED) is 0.772. The van der Waals surface area contributed by atoms with Crippen LogP contribution >= 0.6 is 11.3 Å². The fourth-order valence-corrected chi connectivity index (χ4v) is 2.38. The number of aromatic nitrogens is 1. The van der Waals surface area contributed by atoms with Crippen molar-refractivity contribution < 1.29 is 0 Å². The Morgan fingerprint density at radius 2 is 2.27 bits per heavy atom. The van der Waals surface area contributed by atoms with E-state index in [4.69, 9.17) is 0 Å². The maximum atomic E-state index is 4.53. The van der Waals surface area contributed by atoms with Gasteiger partial charge in [-0.2, -0.15) is 0 Å². The molecule has 0 fully saturated rings. The molecule has 0 bridgehead atoms. The Morgan fingerprint density at radius 3 is 2.87 bits per heavy atom. The zero-order valence-corrected chi connectivity index (χ0v) is 10.9. The summed E-state index contributed by atoms with van der Waals surface area (Å²) in [6.07, 6.45) is 3.64. The lowest BCUT2D eigenvalue weighted by atomic mass is 10.1. The minimum absolute atomic E-state index is 0.777. The second-order valence-corrected chi connectivity index (χ2v) is 5.05. The van der Waals surface area contributed by atoms with Gasteiger partial charge in [0.2, 0.25) is 0 Å². The third-order valence-electron chi connectivity index (χ3n) is 2.48. The SMILES string of the molecule is CCCC(C)CNCc1csc(CC)n1. The Morgan fingerprint density at radius 1 is 1.47 bits per heavy atom. The molecule has 15 heavy (non-hydrogen) atoms. The number of rotatable bonds is 7. The van der Waals surface area contributed by atoms with Crippen molar-refractivity contribution in [3.05, 3.63) is 16.1 Å². The molecule has 0 aliphatic rings. The molecule has 1 aromatic heterocycles. The van der Waals surface area contributed by atoms with Crippen LogP contribution in [0.3, 0.4) is 0 Å². The molecule has 0 aromatic carbocycles. The average molecular weight is 226 g/mol. The van der Waals surface area contributed by atoms with Crippen molar-refractivity contribution >= 4 is 11.3 Å². The summed E-state index contributed by atoms with van der Waals surface area (Å²) in [5.74, 6) is 0.777. The van der Waals surface area contributed by atoms with Crippen LogP contribution in [-0.2, 0) is 13.0 Å². The first-order valence-corrected chi connectivity index (χ1v) is 6.78. The van der Waals surface area contributed by atoms with Gasteiger partial charge in [0.05, 0.1) is 10.7 Å². The number of hydrogen-bond donors (Lipinski definition) is 1. The maximum absolute atomic E-state index is 4.53. The summed E-state index contributed by atoms with van der Waals surface area (Å²) >= 11 is 1.77. The van der Waals surface area contributed by atoms with E-state index >= 15 is 0 Å². The van der Waals surface area contributed by atoms with Gasteiger partial charge in [-0.25, -0.2) is 4.98 Å². The molecule has 1 rings (SSSR count). The predicted octanol–water partition coefficient (Wildman–Crippen LogP) is 3.23. The zero-order valence-electron chi connectivity index (χ0n) is 10.0. The number of nitrogens with zero attached hydrogens (tertiary/aromatic N) is 1. The summed E-state index contributed by atoms with van der Waals surface area (Å²) in [5.41, 5.74) is 1.19. The van der Waals surface area contributed by atoms with E-state index < -0.39 is 0 Å². The standard InChI is InChI=1S/C12H22N2S/c1-4-6-10(3)7-13-8-11-9-15-12(5-2)14-11/h9-10,13H,4-8H2,1-3H3. The molecule has 0 saturated carbocycles. The van der Waals surface area contributed by atoms with Crippen molar-refractivity contribution in [1.29, 1.82) is 0 Å². The molecule has 0 radical (unpaired) electrons. The Labute approximate surface area is 97.1 Å². The molecule has 1 unspecified atom stereocenters. The first-order chi connectivity index (χ1) is 7.26. The maximum Gasteiger partial charge on any atom is 0.0926 e. The average Bonchev–Trinajstić information content (AvgIpc) is 2.66. The largest absolute Gasteiger partial charge is 0.311 e. The van der Waals surface area contributed by atoms with E-state index in [0.717, 1.165) is 25.4 Å². The monoisotopic (exact) mass is 226 g/mol. The summed E-state index contributed by atoms with van der Waals surface area (Å²) in [6, 6.07) is 0. The lowest BCUT2D eigenvalue weighted by Gasteiger charge is -2.10. The molecule has 0 saturated heterocycles. The second kappa shape index (κ2) is 6.96. The smallest absolute Gasteiger partial charge is 0.0926 e. The number of hydrogen-bond acceptors (Lipinski definition) is 3. The highest BCUT2D eigenvalue weighted by atomic mass is 32.1. The van der Waals surface area contributed by atoms with Crippen molar-refractivity contribution in [3.63, 3.8) is 0 Å². The normalized spacial score (nSPS) is 13.0. The van der Waals surface area contributed by atoms with Crippen LogP contribution in [0.2, 0.25) is 0 Å². The van der Waals surface area contributed by atoms with Gasteiger partial charge in [-0.1, -0.05) is 27.2 Å². The second-order valence-electron chi connectivity index (χ2n) is 4.11. The van der Waals surface area contributed by atoms with Crippen LogP contribution in [-0.4, -0.2) is 11.5 Å². The fraction of sp³-hybridized carbons (Fsp3) is 0.750. The molecule has 3 heteroatoms. The molecule has 1 N–H and O–H groups in total. The van der Waals surface area contributed by atoms with Crippen LogP contribution in [0.15, 0.2) is 5.38 Å². The van der Waals surface area contributed by atoms with Crippen LogP contribution < -0.4 is 5.32 Å². The van der Waals surface area contributed by atoms with Crippen molar-refractivity contribution in [2.45, 2.75) is 46.6 Å². The molecule has 2 nitrogen and oxygen atoms in total. The molecule has 1 atom stereocenters.